The van der Waals surface area contributed by atoms with Gasteiger partial charge in [-0.1, -0.05) is 6.07 Å². The van der Waals surface area contributed by atoms with Crippen molar-refractivity contribution in [2.24, 2.45) is 0 Å². The van der Waals surface area contributed by atoms with Gasteiger partial charge in [-0.2, -0.15) is 8.78 Å². The zero-order valence-electron chi connectivity index (χ0n) is 23.4. The van der Waals surface area contributed by atoms with Gasteiger partial charge in [0.05, 0.1) is 58.3 Å². The molecule has 0 spiro atoms. The normalized spacial score (nSPS) is 18.7. The number of halogens is 2. The Morgan fingerprint density at radius 3 is 2.58 bits per heavy atom. The molecule has 2 aliphatic rings. The van der Waals surface area contributed by atoms with Crippen molar-refractivity contribution in [2.45, 2.75) is 44.8 Å². The number of aromatic nitrogens is 4. The van der Waals surface area contributed by atoms with Gasteiger partial charge < -0.3 is 15.0 Å². The molecular formula is C29H29F2N7O4S. The zero-order chi connectivity index (χ0) is 30.3. The van der Waals surface area contributed by atoms with E-state index in [9.17, 15) is 22.0 Å². The SMILES string of the molecule is C[C@@H]1CN(c2cccc(-c3ccc4cnc(CNC(=O)c5cnc6c(c5)N(S(=O)(=O)C(F)F)CC6)cc4n3)n2)C[C@H](C)O1. The second-order valence-electron chi connectivity index (χ2n) is 10.6. The summed E-state index contributed by atoms with van der Waals surface area (Å²) in [6.07, 6.45) is 3.36. The molecule has 0 saturated carbocycles. The summed E-state index contributed by atoms with van der Waals surface area (Å²) in [4.78, 5) is 33.3. The van der Waals surface area contributed by atoms with Crippen LogP contribution in [-0.4, -0.2) is 71.9 Å². The predicted molar refractivity (Wildman–Crippen MR) is 156 cm³/mol. The highest BCUT2D eigenvalue weighted by Crippen LogP contribution is 2.32. The fraction of sp³-hybridized carbons (Fsp3) is 0.345. The van der Waals surface area contributed by atoms with Crippen LogP contribution in [-0.2, 0) is 27.7 Å². The van der Waals surface area contributed by atoms with E-state index < -0.39 is 21.7 Å². The minimum Gasteiger partial charge on any atom is -0.372 e. The topological polar surface area (TPSA) is 131 Å². The summed E-state index contributed by atoms with van der Waals surface area (Å²) in [6, 6.07) is 12.7. The summed E-state index contributed by atoms with van der Waals surface area (Å²) in [5.74, 6) is -3.26. The number of alkyl halides is 2. The molecule has 43 heavy (non-hydrogen) atoms. The van der Waals surface area contributed by atoms with Crippen LogP contribution in [0.3, 0.4) is 0 Å². The summed E-state index contributed by atoms with van der Waals surface area (Å²) >= 11 is 0. The van der Waals surface area contributed by atoms with Crippen molar-refractivity contribution in [1.29, 1.82) is 0 Å². The fourth-order valence-electron chi connectivity index (χ4n) is 5.38. The van der Waals surface area contributed by atoms with Gasteiger partial charge in [-0.05, 0) is 50.2 Å². The molecule has 2 aliphatic heterocycles. The van der Waals surface area contributed by atoms with Gasteiger partial charge >= 0.3 is 5.76 Å². The van der Waals surface area contributed by atoms with E-state index in [0.29, 0.717) is 26.9 Å². The molecular weight excluding hydrogens is 580 g/mol. The quantitative estimate of drug-likeness (QED) is 0.334. The zero-order valence-corrected chi connectivity index (χ0v) is 24.3. The Morgan fingerprint density at radius 1 is 1.05 bits per heavy atom. The standard InChI is InChI=1S/C29H29F2N7O4S/c1-17-15-37(16-18(2)42-17)27-5-3-4-22(36-27)23-7-6-19-12-32-21(11-25(19)35-23)14-34-28(39)20-10-26-24(33-13-20)8-9-38(26)43(40,41)29(30)31/h3-7,10-13,17-18,29H,8-9,14-16H2,1-2H3,(H,34,39)/t17-,18+. The Hall–Kier alpha value is -4.30. The average molecular weight is 610 g/mol. The predicted octanol–water partition coefficient (Wildman–Crippen LogP) is 3.55. The van der Waals surface area contributed by atoms with Crippen molar-refractivity contribution in [1.82, 2.24) is 25.3 Å². The molecule has 14 heteroatoms. The Morgan fingerprint density at radius 2 is 1.81 bits per heavy atom. The molecule has 4 aromatic rings. The van der Waals surface area contributed by atoms with Crippen molar-refractivity contribution in [3.05, 3.63) is 71.8 Å². The summed E-state index contributed by atoms with van der Waals surface area (Å²) in [7, 11) is -4.85. The van der Waals surface area contributed by atoms with Gasteiger partial charge in [-0.15, -0.1) is 0 Å². The maximum Gasteiger partial charge on any atom is 0.355 e. The fourth-order valence-corrected chi connectivity index (χ4v) is 6.35. The molecule has 4 aromatic heterocycles. The number of anilines is 2. The molecule has 0 radical (unpaired) electrons. The molecule has 6 rings (SSSR count). The number of hydrogen-bond acceptors (Lipinski definition) is 9. The summed E-state index contributed by atoms with van der Waals surface area (Å²) in [5, 5.41) is 3.55. The van der Waals surface area contributed by atoms with Crippen LogP contribution in [0.25, 0.3) is 22.3 Å². The lowest BCUT2D eigenvalue weighted by atomic mass is 10.1. The number of rotatable bonds is 7. The molecule has 0 aromatic carbocycles. The number of ether oxygens (including phenoxy) is 1. The van der Waals surface area contributed by atoms with Crippen molar-refractivity contribution in [3.8, 4) is 11.4 Å². The number of fused-ring (bicyclic) bond motifs is 2. The molecule has 0 unspecified atom stereocenters. The number of pyridine rings is 4. The van der Waals surface area contributed by atoms with Gasteiger partial charge in [0.25, 0.3) is 15.9 Å². The van der Waals surface area contributed by atoms with E-state index in [1.54, 1.807) is 12.3 Å². The Bertz CT molecular complexity index is 1800. The number of carbonyl (C=O) groups excluding carboxylic acids is 1. The molecule has 0 aliphatic carbocycles. The number of morpholine rings is 1. The first kappa shape index (κ1) is 28.8. The molecule has 6 heterocycles. The van der Waals surface area contributed by atoms with Crippen LogP contribution >= 0.6 is 0 Å². The molecule has 1 fully saturated rings. The lowest BCUT2D eigenvalue weighted by Gasteiger charge is -2.36. The smallest absolute Gasteiger partial charge is 0.355 e. The first-order valence-electron chi connectivity index (χ1n) is 13.8. The molecule has 1 saturated heterocycles. The van der Waals surface area contributed by atoms with Gasteiger partial charge in [-0.3, -0.25) is 19.1 Å². The maximum atomic E-state index is 13.1. The lowest BCUT2D eigenvalue weighted by molar-refractivity contribution is -0.00545. The average Bonchev–Trinajstić information content (AvgIpc) is 3.43. The van der Waals surface area contributed by atoms with E-state index in [-0.39, 0.29) is 43.0 Å². The third-order valence-corrected chi connectivity index (χ3v) is 8.81. The maximum absolute atomic E-state index is 13.1. The van der Waals surface area contributed by atoms with E-state index in [0.717, 1.165) is 30.0 Å². The Kier molecular flexibility index (Phi) is 7.65. The molecule has 224 valence electrons. The monoisotopic (exact) mass is 609 g/mol. The van der Waals surface area contributed by atoms with Crippen LogP contribution in [0.15, 0.2) is 54.9 Å². The Labute approximate surface area is 247 Å². The summed E-state index contributed by atoms with van der Waals surface area (Å²) < 4.78 is 56.8. The third-order valence-electron chi connectivity index (χ3n) is 7.36. The first-order chi connectivity index (χ1) is 20.6. The lowest BCUT2D eigenvalue weighted by Crippen LogP contribution is -2.45. The number of carbonyl (C=O) groups is 1. The molecule has 11 nitrogen and oxygen atoms in total. The number of hydrogen-bond donors (Lipinski definition) is 1. The summed E-state index contributed by atoms with van der Waals surface area (Å²) in [5.41, 5.74) is 3.01. The molecule has 0 bridgehead atoms. The van der Waals surface area contributed by atoms with E-state index in [1.165, 1.54) is 12.3 Å². The second kappa shape index (κ2) is 11.4. The van der Waals surface area contributed by atoms with Crippen LogP contribution in [0, 0.1) is 0 Å². The molecule has 1 N–H and O–H groups in total. The highest BCUT2D eigenvalue weighted by molar-refractivity contribution is 7.93. The van der Waals surface area contributed by atoms with Crippen LogP contribution < -0.4 is 14.5 Å². The van der Waals surface area contributed by atoms with Crippen molar-refractivity contribution >= 4 is 38.3 Å². The number of amides is 1. The van der Waals surface area contributed by atoms with Crippen molar-refractivity contribution in [3.63, 3.8) is 0 Å². The van der Waals surface area contributed by atoms with Crippen molar-refractivity contribution in [2.75, 3.05) is 28.8 Å². The highest BCUT2D eigenvalue weighted by Gasteiger charge is 2.37. The Balaban J connectivity index is 1.18. The number of nitrogens with one attached hydrogen (secondary N) is 1. The minimum absolute atomic E-state index is 0.0103. The summed E-state index contributed by atoms with van der Waals surface area (Å²) in [6.45, 7) is 5.50. The van der Waals surface area contributed by atoms with E-state index in [2.05, 4.69) is 20.2 Å². The van der Waals surface area contributed by atoms with Gasteiger partial charge in [0.15, 0.2) is 0 Å². The van der Waals surface area contributed by atoms with Crippen molar-refractivity contribution < 1.29 is 26.7 Å². The second-order valence-corrected chi connectivity index (χ2v) is 12.4. The van der Waals surface area contributed by atoms with Crippen LogP contribution in [0.2, 0.25) is 0 Å². The first-order valence-corrected chi connectivity index (χ1v) is 15.3. The van der Waals surface area contributed by atoms with Gasteiger partial charge in [0, 0.05) is 43.8 Å². The van der Waals surface area contributed by atoms with E-state index in [4.69, 9.17) is 14.7 Å². The highest BCUT2D eigenvalue weighted by atomic mass is 32.2. The van der Waals surface area contributed by atoms with Gasteiger partial charge in [0.1, 0.15) is 5.82 Å². The van der Waals surface area contributed by atoms with Crippen LogP contribution in [0.4, 0.5) is 20.3 Å². The molecule has 2 atom stereocenters. The van der Waals surface area contributed by atoms with E-state index >= 15 is 0 Å². The number of nitrogens with zero attached hydrogens (tertiary/aromatic N) is 6. The third kappa shape index (κ3) is 5.84. The van der Waals surface area contributed by atoms with E-state index in [1.807, 2.05) is 44.2 Å². The van der Waals surface area contributed by atoms with Gasteiger partial charge in [-0.25, -0.2) is 18.4 Å². The minimum atomic E-state index is -4.85. The van der Waals surface area contributed by atoms with Gasteiger partial charge in [0.2, 0.25) is 0 Å². The largest absolute Gasteiger partial charge is 0.372 e. The van der Waals surface area contributed by atoms with Crippen LogP contribution in [0.1, 0.15) is 35.6 Å². The number of sulfonamides is 1. The van der Waals surface area contributed by atoms with Crippen LogP contribution in [0.5, 0.6) is 0 Å². The molecule has 1 amide bonds.